The number of rotatable bonds is 6. The van der Waals surface area contributed by atoms with Gasteiger partial charge in [0.1, 0.15) is 17.0 Å². The van der Waals surface area contributed by atoms with Crippen LogP contribution < -0.4 is 9.64 Å². The number of quaternary nitrogens is 1. The van der Waals surface area contributed by atoms with Crippen molar-refractivity contribution < 1.29 is 24.3 Å². The molecule has 2 aromatic heterocycles. The van der Waals surface area contributed by atoms with E-state index in [0.29, 0.717) is 11.6 Å². The van der Waals surface area contributed by atoms with Crippen LogP contribution >= 0.6 is 11.3 Å². The minimum absolute atomic E-state index is 0.0550. The Hall–Kier alpha value is -2.65. The van der Waals surface area contributed by atoms with E-state index in [1.807, 2.05) is 31.2 Å². The fourth-order valence-electron chi connectivity index (χ4n) is 4.05. The molecule has 8 nitrogen and oxygen atoms in total. The Morgan fingerprint density at radius 1 is 1.41 bits per heavy atom. The number of thiazole rings is 1. The number of nitrogens with one attached hydrogen (secondary N) is 1. The zero-order valence-corrected chi connectivity index (χ0v) is 17.3. The molecule has 1 saturated heterocycles. The number of ether oxygens (including phenoxy) is 2. The Kier molecular flexibility index (Phi) is 5.68. The lowest BCUT2D eigenvalue weighted by atomic mass is 9.93. The number of carbonyl (C=O) groups excluding carboxylic acids is 1. The number of nitrogens with zero attached hydrogens (tertiary/aromatic N) is 3. The number of carbonyl (C=O) groups is 1. The summed E-state index contributed by atoms with van der Waals surface area (Å²) in [4.78, 5) is 19.1. The van der Waals surface area contributed by atoms with Crippen LogP contribution in [0, 0.1) is 5.92 Å². The van der Waals surface area contributed by atoms with Gasteiger partial charge in [-0.1, -0.05) is 23.5 Å². The Balaban J connectivity index is 1.67. The zero-order valence-electron chi connectivity index (χ0n) is 16.5. The molecule has 2 N–H and O–H groups in total. The number of likely N-dealkylation sites (tertiary alicyclic amines) is 1. The van der Waals surface area contributed by atoms with Crippen molar-refractivity contribution in [3.05, 3.63) is 41.0 Å². The van der Waals surface area contributed by atoms with Crippen LogP contribution in [0.2, 0.25) is 0 Å². The summed E-state index contributed by atoms with van der Waals surface area (Å²) in [6.45, 7) is 3.85. The molecule has 4 rings (SSSR count). The average molecular weight is 418 g/mol. The smallest absolute Gasteiger partial charge is 0.309 e. The fourth-order valence-corrected chi connectivity index (χ4v) is 5.16. The molecular formula is C20H25N4O4S+. The summed E-state index contributed by atoms with van der Waals surface area (Å²) >= 11 is 1.44. The summed E-state index contributed by atoms with van der Waals surface area (Å²) in [7, 11) is 1.65. The van der Waals surface area contributed by atoms with Crippen molar-refractivity contribution in [2.24, 2.45) is 5.92 Å². The molecule has 1 aliphatic heterocycles. The van der Waals surface area contributed by atoms with Crippen molar-refractivity contribution >= 4 is 22.3 Å². The van der Waals surface area contributed by atoms with Crippen molar-refractivity contribution in [1.29, 1.82) is 0 Å². The van der Waals surface area contributed by atoms with Gasteiger partial charge in [0.15, 0.2) is 6.04 Å². The number of hydrogen-bond acceptors (Lipinski definition) is 7. The van der Waals surface area contributed by atoms with Gasteiger partial charge in [-0.2, -0.15) is 9.61 Å². The number of esters is 1. The molecule has 1 aromatic carbocycles. The minimum atomic E-state index is -0.105. The third-order valence-corrected chi connectivity index (χ3v) is 6.58. The third kappa shape index (κ3) is 3.79. The van der Waals surface area contributed by atoms with Crippen LogP contribution in [-0.4, -0.2) is 52.5 Å². The van der Waals surface area contributed by atoms with E-state index in [-0.39, 0.29) is 23.8 Å². The van der Waals surface area contributed by atoms with E-state index in [2.05, 4.69) is 10.1 Å². The van der Waals surface area contributed by atoms with Crippen LogP contribution in [0.1, 0.15) is 36.2 Å². The van der Waals surface area contributed by atoms with Crippen LogP contribution in [0.25, 0.3) is 4.96 Å². The Bertz CT molecular complexity index is 993. The van der Waals surface area contributed by atoms with Crippen LogP contribution in [0.3, 0.4) is 0 Å². The number of methoxy groups -OCH3 is 1. The minimum Gasteiger partial charge on any atom is -0.497 e. The van der Waals surface area contributed by atoms with Gasteiger partial charge in [-0.25, -0.2) is 4.98 Å². The van der Waals surface area contributed by atoms with Gasteiger partial charge in [0.25, 0.3) is 0 Å². The molecule has 0 spiro atoms. The number of benzene rings is 1. The van der Waals surface area contributed by atoms with E-state index in [1.54, 1.807) is 7.11 Å². The highest BCUT2D eigenvalue weighted by molar-refractivity contribution is 7.17. The summed E-state index contributed by atoms with van der Waals surface area (Å²) in [5.74, 6) is 0.731. The topological polar surface area (TPSA) is 90.4 Å². The highest BCUT2D eigenvalue weighted by Gasteiger charge is 2.37. The molecule has 0 amide bonds. The average Bonchev–Trinajstić information content (AvgIpc) is 3.32. The van der Waals surface area contributed by atoms with Crippen LogP contribution in [0.15, 0.2) is 30.6 Å². The zero-order chi connectivity index (χ0) is 20.4. The van der Waals surface area contributed by atoms with Crippen molar-refractivity contribution in [3.63, 3.8) is 0 Å². The van der Waals surface area contributed by atoms with Crippen LogP contribution in [0.4, 0.5) is 0 Å². The second-order valence-electron chi connectivity index (χ2n) is 7.14. The molecule has 1 aliphatic rings. The molecule has 1 fully saturated rings. The van der Waals surface area contributed by atoms with Gasteiger partial charge in [0.2, 0.25) is 10.8 Å². The molecule has 1 atom stereocenters. The highest BCUT2D eigenvalue weighted by Crippen LogP contribution is 2.35. The number of aromatic hydroxyl groups is 1. The molecule has 0 aliphatic carbocycles. The van der Waals surface area contributed by atoms with Crippen LogP contribution in [0.5, 0.6) is 11.6 Å². The highest BCUT2D eigenvalue weighted by atomic mass is 32.1. The number of aromatic nitrogens is 3. The maximum atomic E-state index is 12.1. The van der Waals surface area contributed by atoms with Gasteiger partial charge in [-0.3, -0.25) is 4.79 Å². The Labute approximate surface area is 172 Å². The van der Waals surface area contributed by atoms with E-state index < -0.39 is 0 Å². The first-order chi connectivity index (χ1) is 14.1. The predicted octanol–water partition coefficient (Wildman–Crippen LogP) is 1.45. The summed E-state index contributed by atoms with van der Waals surface area (Å²) < 4.78 is 12.1. The van der Waals surface area contributed by atoms with Crippen LogP contribution in [-0.2, 0) is 9.53 Å². The molecule has 0 radical (unpaired) electrons. The number of fused-ring (bicyclic) bond motifs is 1. The van der Waals surface area contributed by atoms with E-state index >= 15 is 0 Å². The number of hydrogen-bond donors (Lipinski definition) is 2. The van der Waals surface area contributed by atoms with Gasteiger partial charge in [-0.05, 0) is 19.1 Å². The van der Waals surface area contributed by atoms with Crippen molar-refractivity contribution in [1.82, 2.24) is 14.6 Å². The molecule has 154 valence electrons. The van der Waals surface area contributed by atoms with Gasteiger partial charge >= 0.3 is 5.97 Å². The molecule has 3 heterocycles. The summed E-state index contributed by atoms with van der Waals surface area (Å²) in [5, 5.41) is 15.0. The van der Waals surface area contributed by atoms with E-state index in [9.17, 15) is 9.90 Å². The first-order valence-corrected chi connectivity index (χ1v) is 10.6. The van der Waals surface area contributed by atoms with E-state index in [1.165, 1.54) is 27.1 Å². The molecule has 0 bridgehead atoms. The molecule has 9 heteroatoms. The van der Waals surface area contributed by atoms with Gasteiger partial charge < -0.3 is 19.5 Å². The van der Waals surface area contributed by atoms with E-state index in [0.717, 1.165) is 42.1 Å². The van der Waals surface area contributed by atoms with Gasteiger partial charge in [-0.15, -0.1) is 0 Å². The maximum Gasteiger partial charge on any atom is 0.309 e. The maximum absolute atomic E-state index is 12.1. The van der Waals surface area contributed by atoms with Crippen molar-refractivity contribution in [2.45, 2.75) is 25.8 Å². The lowest BCUT2D eigenvalue weighted by Gasteiger charge is -2.33. The predicted molar refractivity (Wildman–Crippen MR) is 107 cm³/mol. The second kappa shape index (κ2) is 8.38. The Morgan fingerprint density at radius 3 is 2.90 bits per heavy atom. The monoisotopic (exact) mass is 417 g/mol. The van der Waals surface area contributed by atoms with Crippen molar-refractivity contribution in [3.8, 4) is 11.6 Å². The first kappa shape index (κ1) is 19.7. The quantitative estimate of drug-likeness (QED) is 0.590. The lowest BCUT2D eigenvalue weighted by molar-refractivity contribution is -0.930. The van der Waals surface area contributed by atoms with Gasteiger partial charge in [0, 0.05) is 18.4 Å². The normalized spacial score (nSPS) is 20.5. The molecule has 0 saturated carbocycles. The second-order valence-corrected chi connectivity index (χ2v) is 8.15. The molecule has 3 aromatic rings. The first-order valence-electron chi connectivity index (χ1n) is 9.79. The fraction of sp³-hybridized carbons (Fsp3) is 0.450. The molecule has 0 unspecified atom stereocenters. The third-order valence-electron chi connectivity index (χ3n) is 5.48. The van der Waals surface area contributed by atoms with Crippen molar-refractivity contribution in [2.75, 3.05) is 26.8 Å². The Morgan fingerprint density at radius 2 is 2.21 bits per heavy atom. The number of piperidine rings is 1. The molecule has 29 heavy (non-hydrogen) atoms. The standard InChI is InChI=1S/C20H24N4O4S/c1-3-28-19(26)13-7-9-23(10-8-13)16(14-5-4-6-15(11-14)27-2)17-18(25)24-20(29-17)21-12-22-24/h4-6,11-13,16,25H,3,7-10H2,1-2H3/p+1/t16-/m0/s1. The summed E-state index contributed by atoms with van der Waals surface area (Å²) in [5.41, 5.74) is 1.05. The SMILES string of the molecule is CCOC(=O)C1CC[NH+]([C@@H](c2cccc(OC)c2)c2sc3ncnn3c2O)CC1. The molecular weight excluding hydrogens is 392 g/mol. The summed E-state index contributed by atoms with van der Waals surface area (Å²) in [6, 6.07) is 7.82. The van der Waals surface area contributed by atoms with E-state index in [4.69, 9.17) is 9.47 Å². The largest absolute Gasteiger partial charge is 0.497 e. The summed E-state index contributed by atoms with van der Waals surface area (Å²) in [6.07, 6.45) is 2.96. The lowest BCUT2D eigenvalue weighted by Crippen LogP contribution is -3.13. The van der Waals surface area contributed by atoms with Gasteiger partial charge in [0.05, 0.1) is 32.7 Å².